The van der Waals surface area contributed by atoms with Gasteiger partial charge in [-0.15, -0.1) is 0 Å². The highest BCUT2D eigenvalue weighted by atomic mass is 35.5. The number of aryl methyl sites for hydroxylation is 1. The second-order valence-corrected chi connectivity index (χ2v) is 7.04. The van der Waals surface area contributed by atoms with E-state index < -0.39 is 23.9 Å². The van der Waals surface area contributed by atoms with Crippen molar-refractivity contribution in [2.24, 2.45) is 7.05 Å². The number of carbonyl (C=O) groups is 1. The molecular weight excluding hydrogens is 404 g/mol. The standard InChI is InChI=1S/C20H18Cl2FN3O2/c1-12(28-17-8-7-13(21)11-15(17)22)20(27)25-18(19-24-9-10-26(19)2)14-5-3-4-6-16(14)23/h3-12,18H,1-2H3,(H,25,27)/t12-,18-/m0/s1. The van der Waals surface area contributed by atoms with Gasteiger partial charge in [0.2, 0.25) is 0 Å². The zero-order valence-electron chi connectivity index (χ0n) is 15.2. The minimum atomic E-state index is -0.881. The lowest BCUT2D eigenvalue weighted by molar-refractivity contribution is -0.127. The predicted molar refractivity (Wildman–Crippen MR) is 106 cm³/mol. The number of hydrogen-bond acceptors (Lipinski definition) is 3. The van der Waals surface area contributed by atoms with E-state index in [4.69, 9.17) is 27.9 Å². The molecular formula is C20H18Cl2FN3O2. The monoisotopic (exact) mass is 421 g/mol. The van der Waals surface area contributed by atoms with Crippen LogP contribution in [0.25, 0.3) is 0 Å². The Labute approximate surface area is 172 Å². The van der Waals surface area contributed by atoms with Crippen LogP contribution in [0.15, 0.2) is 54.9 Å². The van der Waals surface area contributed by atoms with Crippen LogP contribution in [0, 0.1) is 5.82 Å². The van der Waals surface area contributed by atoms with E-state index in [1.165, 1.54) is 12.1 Å². The van der Waals surface area contributed by atoms with Crippen LogP contribution >= 0.6 is 23.2 Å². The number of aromatic nitrogens is 2. The van der Waals surface area contributed by atoms with Crippen LogP contribution in [0.1, 0.15) is 24.4 Å². The second-order valence-electron chi connectivity index (χ2n) is 6.19. The van der Waals surface area contributed by atoms with E-state index in [9.17, 15) is 9.18 Å². The molecule has 2 aromatic carbocycles. The summed E-state index contributed by atoms with van der Waals surface area (Å²) in [5, 5.41) is 3.57. The number of amides is 1. The summed E-state index contributed by atoms with van der Waals surface area (Å²) in [6.45, 7) is 1.58. The molecule has 0 radical (unpaired) electrons. The third-order valence-corrected chi connectivity index (χ3v) is 4.72. The molecule has 3 rings (SSSR count). The van der Waals surface area contributed by atoms with E-state index in [1.54, 1.807) is 61.3 Å². The lowest BCUT2D eigenvalue weighted by Crippen LogP contribution is -2.40. The van der Waals surface area contributed by atoms with Gasteiger partial charge in [0.1, 0.15) is 23.4 Å². The average Bonchev–Trinajstić information content (AvgIpc) is 3.08. The lowest BCUT2D eigenvalue weighted by Gasteiger charge is -2.22. The number of nitrogens with zero attached hydrogens (tertiary/aromatic N) is 2. The quantitative estimate of drug-likeness (QED) is 0.635. The SMILES string of the molecule is C[C@H](Oc1ccc(Cl)cc1Cl)C(=O)N[C@@H](c1ccccc1F)c1nccn1C. The fourth-order valence-corrected chi connectivity index (χ4v) is 3.17. The maximum absolute atomic E-state index is 14.4. The van der Waals surface area contributed by atoms with Gasteiger partial charge >= 0.3 is 0 Å². The Kier molecular flexibility index (Phi) is 6.21. The Balaban J connectivity index is 1.83. The number of carbonyl (C=O) groups excluding carboxylic acids is 1. The lowest BCUT2D eigenvalue weighted by atomic mass is 10.0. The number of ether oxygens (including phenoxy) is 1. The van der Waals surface area contributed by atoms with Crippen molar-refractivity contribution in [2.45, 2.75) is 19.1 Å². The Bertz CT molecular complexity index is 993. The van der Waals surface area contributed by atoms with Crippen molar-refractivity contribution in [3.8, 4) is 5.75 Å². The zero-order valence-corrected chi connectivity index (χ0v) is 16.7. The van der Waals surface area contributed by atoms with Crippen molar-refractivity contribution in [3.63, 3.8) is 0 Å². The number of halogens is 3. The maximum Gasteiger partial charge on any atom is 0.261 e. The van der Waals surface area contributed by atoms with Crippen LogP contribution in [0.4, 0.5) is 4.39 Å². The summed E-state index contributed by atoms with van der Waals surface area (Å²) < 4.78 is 21.8. The molecule has 1 N–H and O–H groups in total. The van der Waals surface area contributed by atoms with Crippen LogP contribution in [0.5, 0.6) is 5.75 Å². The Morgan fingerprint density at radius 1 is 1.25 bits per heavy atom. The van der Waals surface area contributed by atoms with Crippen LogP contribution in [0.2, 0.25) is 10.0 Å². The molecule has 146 valence electrons. The second kappa shape index (κ2) is 8.63. The minimum Gasteiger partial charge on any atom is -0.479 e. The van der Waals surface area contributed by atoms with Crippen molar-refractivity contribution in [1.29, 1.82) is 0 Å². The molecule has 0 fully saturated rings. The largest absolute Gasteiger partial charge is 0.479 e. The first-order valence-corrected chi connectivity index (χ1v) is 9.26. The number of rotatable bonds is 6. The van der Waals surface area contributed by atoms with Crippen LogP contribution in [0.3, 0.4) is 0 Å². The number of imidazole rings is 1. The summed E-state index contributed by atoms with van der Waals surface area (Å²) in [5.74, 6) is -0.0595. The van der Waals surface area contributed by atoms with Gasteiger partial charge in [-0.25, -0.2) is 9.37 Å². The maximum atomic E-state index is 14.4. The van der Waals surface area contributed by atoms with Crippen molar-refractivity contribution in [3.05, 3.63) is 82.1 Å². The first-order valence-electron chi connectivity index (χ1n) is 8.50. The number of hydrogen-bond donors (Lipinski definition) is 1. The average molecular weight is 422 g/mol. The van der Waals surface area contributed by atoms with Crippen LogP contribution < -0.4 is 10.1 Å². The smallest absolute Gasteiger partial charge is 0.261 e. The van der Waals surface area contributed by atoms with Gasteiger partial charge in [-0.2, -0.15) is 0 Å². The van der Waals surface area contributed by atoms with Gasteiger partial charge in [-0.1, -0.05) is 41.4 Å². The molecule has 2 atom stereocenters. The summed E-state index contributed by atoms with van der Waals surface area (Å²) in [6, 6.07) is 10.2. The highest BCUT2D eigenvalue weighted by molar-refractivity contribution is 6.35. The van der Waals surface area contributed by atoms with Gasteiger partial charge in [-0.3, -0.25) is 4.79 Å². The van der Waals surface area contributed by atoms with E-state index in [2.05, 4.69) is 10.3 Å². The number of nitrogens with one attached hydrogen (secondary N) is 1. The molecule has 3 aromatic rings. The molecule has 0 unspecified atom stereocenters. The summed E-state index contributed by atoms with van der Waals surface area (Å²) in [5.41, 5.74) is 0.307. The molecule has 0 bridgehead atoms. The topological polar surface area (TPSA) is 56.1 Å². The van der Waals surface area contributed by atoms with Gasteiger partial charge in [0.25, 0.3) is 5.91 Å². The zero-order chi connectivity index (χ0) is 20.3. The van der Waals surface area contributed by atoms with E-state index in [1.807, 2.05) is 0 Å². The van der Waals surface area contributed by atoms with Crippen molar-refractivity contribution < 1.29 is 13.9 Å². The van der Waals surface area contributed by atoms with Crippen molar-refractivity contribution in [2.75, 3.05) is 0 Å². The van der Waals surface area contributed by atoms with E-state index in [-0.39, 0.29) is 0 Å². The fourth-order valence-electron chi connectivity index (χ4n) is 2.72. The Morgan fingerprint density at radius 2 is 2.00 bits per heavy atom. The normalized spacial score (nSPS) is 13.0. The van der Waals surface area contributed by atoms with Gasteiger partial charge < -0.3 is 14.6 Å². The van der Waals surface area contributed by atoms with Crippen molar-refractivity contribution in [1.82, 2.24) is 14.9 Å². The molecule has 1 amide bonds. The highest BCUT2D eigenvalue weighted by Crippen LogP contribution is 2.29. The molecule has 8 heteroatoms. The van der Waals surface area contributed by atoms with E-state index in [0.717, 1.165) is 0 Å². The number of benzene rings is 2. The molecule has 28 heavy (non-hydrogen) atoms. The molecule has 0 aliphatic carbocycles. The van der Waals surface area contributed by atoms with Gasteiger partial charge in [0.05, 0.1) is 5.02 Å². The first kappa shape index (κ1) is 20.2. The summed E-state index contributed by atoms with van der Waals surface area (Å²) >= 11 is 12.0. The summed E-state index contributed by atoms with van der Waals surface area (Å²) in [7, 11) is 1.77. The molecule has 0 aliphatic rings. The van der Waals surface area contributed by atoms with Gasteiger partial charge in [0, 0.05) is 30.0 Å². The Morgan fingerprint density at radius 3 is 2.64 bits per heavy atom. The van der Waals surface area contributed by atoms with E-state index in [0.29, 0.717) is 27.2 Å². The van der Waals surface area contributed by atoms with Crippen LogP contribution in [-0.2, 0) is 11.8 Å². The van der Waals surface area contributed by atoms with Crippen LogP contribution in [-0.4, -0.2) is 21.6 Å². The van der Waals surface area contributed by atoms with Gasteiger partial charge in [-0.05, 0) is 31.2 Å². The molecule has 5 nitrogen and oxygen atoms in total. The molecule has 0 aliphatic heterocycles. The van der Waals surface area contributed by atoms with Gasteiger partial charge in [0.15, 0.2) is 6.10 Å². The van der Waals surface area contributed by atoms with Crippen molar-refractivity contribution >= 4 is 29.1 Å². The summed E-state index contributed by atoms with van der Waals surface area (Å²) in [6.07, 6.45) is 2.43. The molecule has 1 aromatic heterocycles. The summed E-state index contributed by atoms with van der Waals surface area (Å²) in [4.78, 5) is 17.0. The first-order chi connectivity index (χ1) is 13.4. The third-order valence-electron chi connectivity index (χ3n) is 4.19. The molecule has 0 saturated carbocycles. The molecule has 1 heterocycles. The molecule has 0 saturated heterocycles. The highest BCUT2D eigenvalue weighted by Gasteiger charge is 2.26. The fraction of sp³-hybridized carbons (Fsp3) is 0.200. The van der Waals surface area contributed by atoms with E-state index >= 15 is 0 Å². The predicted octanol–water partition coefficient (Wildman–Crippen LogP) is 4.54. The Hall–Kier alpha value is -2.57. The third kappa shape index (κ3) is 4.46. The minimum absolute atomic E-state index is 0.293. The molecule has 0 spiro atoms.